The molecule has 1 saturated heterocycles. The van der Waals surface area contributed by atoms with E-state index in [0.717, 1.165) is 25.2 Å². The topological polar surface area (TPSA) is 52.7 Å². The lowest BCUT2D eigenvalue weighted by Gasteiger charge is -2.34. The number of hydrogen-bond acceptors (Lipinski definition) is 3. The lowest BCUT2D eigenvalue weighted by atomic mass is 9.89. The van der Waals surface area contributed by atoms with E-state index < -0.39 is 0 Å². The molecule has 2 amide bonds. The Kier molecular flexibility index (Phi) is 7.27. The maximum absolute atomic E-state index is 12.5. The summed E-state index contributed by atoms with van der Waals surface area (Å²) in [6, 6.07) is 8.15. The third kappa shape index (κ3) is 6.35. The molecule has 3 rings (SSSR count). The Morgan fingerprint density at radius 2 is 1.67 bits per heavy atom. The summed E-state index contributed by atoms with van der Waals surface area (Å²) in [4.78, 5) is 28.8. The predicted molar refractivity (Wildman–Crippen MR) is 107 cm³/mol. The lowest BCUT2D eigenvalue weighted by Crippen LogP contribution is -2.51. The Hall–Kier alpha value is -1.88. The maximum atomic E-state index is 12.5. The fourth-order valence-electron chi connectivity index (χ4n) is 4.06. The number of carbonyl (C=O) groups excluding carboxylic acids is 2. The number of amides is 2. The second kappa shape index (κ2) is 9.88. The number of hydrogen-bond donors (Lipinski definition) is 1. The lowest BCUT2D eigenvalue weighted by molar-refractivity contribution is -0.132. The average molecular weight is 372 g/mol. The number of piperazine rings is 1. The summed E-state index contributed by atoms with van der Waals surface area (Å²) in [5.41, 5.74) is 2.27. The highest BCUT2D eigenvalue weighted by atomic mass is 16.2. The van der Waals surface area contributed by atoms with E-state index in [-0.39, 0.29) is 11.8 Å². The van der Waals surface area contributed by atoms with E-state index in [4.69, 9.17) is 0 Å². The van der Waals surface area contributed by atoms with Crippen molar-refractivity contribution < 1.29 is 9.59 Å². The van der Waals surface area contributed by atoms with E-state index in [1.165, 1.54) is 37.7 Å². The van der Waals surface area contributed by atoms with Crippen molar-refractivity contribution in [1.82, 2.24) is 15.1 Å². The van der Waals surface area contributed by atoms with Gasteiger partial charge in [0.15, 0.2) is 0 Å². The quantitative estimate of drug-likeness (QED) is 0.835. The van der Waals surface area contributed by atoms with Gasteiger partial charge in [0.05, 0.1) is 13.0 Å². The number of nitrogens with one attached hydrogen (secondary N) is 1. The van der Waals surface area contributed by atoms with E-state index in [1.807, 2.05) is 29.2 Å². The zero-order chi connectivity index (χ0) is 19.1. The normalized spacial score (nSPS) is 19.1. The van der Waals surface area contributed by atoms with Crippen LogP contribution < -0.4 is 5.32 Å². The zero-order valence-electron chi connectivity index (χ0n) is 16.6. The van der Waals surface area contributed by atoms with Crippen molar-refractivity contribution in [3.8, 4) is 0 Å². The van der Waals surface area contributed by atoms with Gasteiger partial charge in [-0.05, 0) is 31.2 Å². The van der Waals surface area contributed by atoms with Gasteiger partial charge in [-0.1, -0.05) is 49.1 Å². The van der Waals surface area contributed by atoms with Crippen molar-refractivity contribution in [1.29, 1.82) is 0 Å². The van der Waals surface area contributed by atoms with Crippen molar-refractivity contribution in [2.45, 2.75) is 45.4 Å². The van der Waals surface area contributed by atoms with Crippen molar-refractivity contribution in [3.63, 3.8) is 0 Å². The first-order valence-electron chi connectivity index (χ1n) is 10.4. The number of rotatable bonds is 6. The molecule has 2 fully saturated rings. The Morgan fingerprint density at radius 1 is 1.00 bits per heavy atom. The second-order valence-electron chi connectivity index (χ2n) is 8.13. The first-order chi connectivity index (χ1) is 13.1. The average Bonchev–Trinajstić information content (AvgIpc) is 2.69. The molecule has 0 bridgehead atoms. The van der Waals surface area contributed by atoms with E-state index >= 15 is 0 Å². The van der Waals surface area contributed by atoms with Crippen LogP contribution in [-0.2, 0) is 16.0 Å². The molecular formula is C22H33N3O2. The summed E-state index contributed by atoms with van der Waals surface area (Å²) in [5, 5.41) is 3.11. The Labute approximate surface area is 163 Å². The van der Waals surface area contributed by atoms with Crippen molar-refractivity contribution in [2.24, 2.45) is 5.92 Å². The minimum absolute atomic E-state index is 0.125. The van der Waals surface area contributed by atoms with E-state index in [0.29, 0.717) is 32.0 Å². The SMILES string of the molecule is Cc1ccc(CC(=O)N2CCN(CC(=O)NCC3CCCCC3)CC2)cc1. The molecule has 1 aliphatic carbocycles. The van der Waals surface area contributed by atoms with Crippen LogP contribution in [0.2, 0.25) is 0 Å². The van der Waals surface area contributed by atoms with E-state index in [2.05, 4.69) is 17.1 Å². The molecule has 1 aromatic carbocycles. The molecule has 1 N–H and O–H groups in total. The molecule has 1 aromatic rings. The molecule has 2 aliphatic rings. The highest BCUT2D eigenvalue weighted by molar-refractivity contribution is 5.79. The molecule has 1 saturated carbocycles. The van der Waals surface area contributed by atoms with Gasteiger partial charge < -0.3 is 10.2 Å². The molecule has 0 spiro atoms. The van der Waals surface area contributed by atoms with Crippen LogP contribution in [0.25, 0.3) is 0 Å². The molecule has 0 radical (unpaired) electrons. The highest BCUT2D eigenvalue weighted by Gasteiger charge is 2.23. The van der Waals surface area contributed by atoms with E-state index in [9.17, 15) is 9.59 Å². The van der Waals surface area contributed by atoms with Gasteiger partial charge in [0, 0.05) is 32.7 Å². The van der Waals surface area contributed by atoms with E-state index in [1.54, 1.807) is 0 Å². The fraction of sp³-hybridized carbons (Fsp3) is 0.636. The van der Waals surface area contributed by atoms with Crippen LogP contribution in [0.15, 0.2) is 24.3 Å². The standard InChI is InChI=1S/C22H33N3O2/c1-18-7-9-19(10-8-18)15-22(27)25-13-11-24(12-14-25)17-21(26)23-16-20-5-3-2-4-6-20/h7-10,20H,2-6,11-17H2,1H3,(H,23,26). The zero-order valence-corrected chi connectivity index (χ0v) is 16.6. The summed E-state index contributed by atoms with van der Waals surface area (Å²) >= 11 is 0. The molecule has 5 heteroatoms. The monoisotopic (exact) mass is 371 g/mol. The van der Waals surface area contributed by atoms with Gasteiger partial charge in [-0.3, -0.25) is 14.5 Å². The molecule has 0 aromatic heterocycles. The smallest absolute Gasteiger partial charge is 0.234 e. The summed E-state index contributed by atoms with van der Waals surface area (Å²) < 4.78 is 0. The van der Waals surface area contributed by atoms with Gasteiger partial charge in [0.1, 0.15) is 0 Å². The molecule has 27 heavy (non-hydrogen) atoms. The van der Waals surface area contributed by atoms with Crippen LogP contribution in [0.1, 0.15) is 43.2 Å². The summed E-state index contributed by atoms with van der Waals surface area (Å²) in [7, 11) is 0. The van der Waals surface area contributed by atoms with Gasteiger partial charge >= 0.3 is 0 Å². The van der Waals surface area contributed by atoms with Crippen LogP contribution in [0.5, 0.6) is 0 Å². The highest BCUT2D eigenvalue weighted by Crippen LogP contribution is 2.22. The summed E-state index contributed by atoms with van der Waals surface area (Å²) in [6.07, 6.45) is 6.92. The Balaban J connectivity index is 1.34. The number of aryl methyl sites for hydroxylation is 1. The van der Waals surface area contributed by atoms with Gasteiger partial charge in [0.2, 0.25) is 11.8 Å². The van der Waals surface area contributed by atoms with Crippen molar-refractivity contribution in [3.05, 3.63) is 35.4 Å². The minimum atomic E-state index is 0.125. The van der Waals surface area contributed by atoms with Crippen LogP contribution in [0.3, 0.4) is 0 Å². The maximum Gasteiger partial charge on any atom is 0.234 e. The van der Waals surface area contributed by atoms with Crippen LogP contribution >= 0.6 is 0 Å². The summed E-state index contributed by atoms with van der Waals surface area (Å²) in [6.45, 7) is 6.30. The second-order valence-corrected chi connectivity index (χ2v) is 8.13. The first-order valence-corrected chi connectivity index (χ1v) is 10.4. The molecular weight excluding hydrogens is 338 g/mol. The molecule has 1 aliphatic heterocycles. The van der Waals surface area contributed by atoms with Gasteiger partial charge in [-0.15, -0.1) is 0 Å². The predicted octanol–water partition coefficient (Wildman–Crippen LogP) is 2.38. The third-order valence-electron chi connectivity index (χ3n) is 5.88. The molecule has 148 valence electrons. The van der Waals surface area contributed by atoms with Crippen molar-refractivity contribution >= 4 is 11.8 Å². The minimum Gasteiger partial charge on any atom is -0.355 e. The fourth-order valence-corrected chi connectivity index (χ4v) is 4.06. The molecule has 0 unspecified atom stereocenters. The van der Waals surface area contributed by atoms with Crippen molar-refractivity contribution in [2.75, 3.05) is 39.3 Å². The summed E-state index contributed by atoms with van der Waals surface area (Å²) in [5.74, 6) is 0.971. The van der Waals surface area contributed by atoms with Crippen LogP contribution in [0, 0.1) is 12.8 Å². The largest absolute Gasteiger partial charge is 0.355 e. The van der Waals surface area contributed by atoms with Gasteiger partial charge in [-0.2, -0.15) is 0 Å². The number of benzene rings is 1. The number of carbonyl (C=O) groups is 2. The van der Waals surface area contributed by atoms with Gasteiger partial charge in [0.25, 0.3) is 0 Å². The molecule has 5 nitrogen and oxygen atoms in total. The molecule has 0 atom stereocenters. The molecule has 1 heterocycles. The first kappa shape index (κ1) is 19.9. The Bertz CT molecular complexity index is 615. The van der Waals surface area contributed by atoms with Crippen LogP contribution in [0.4, 0.5) is 0 Å². The number of nitrogens with zero attached hydrogens (tertiary/aromatic N) is 2. The Morgan fingerprint density at radius 3 is 2.33 bits per heavy atom. The van der Waals surface area contributed by atoms with Gasteiger partial charge in [-0.25, -0.2) is 0 Å². The third-order valence-corrected chi connectivity index (χ3v) is 5.88. The van der Waals surface area contributed by atoms with Crippen LogP contribution in [-0.4, -0.2) is 60.9 Å².